The normalized spacial score (nSPS) is 29.0. The molecule has 3 rings (SSSR count). The number of rotatable bonds is 1. The molecule has 1 aromatic heterocycles. The quantitative estimate of drug-likeness (QED) is 0.789. The zero-order valence-electron chi connectivity index (χ0n) is 8.41. The van der Waals surface area contributed by atoms with Crippen LogP contribution in [0.25, 0.3) is 5.57 Å². The molecule has 3 heteroatoms. The molecule has 0 spiro atoms. The first-order valence-electron chi connectivity index (χ1n) is 5.36. The van der Waals surface area contributed by atoms with Gasteiger partial charge in [-0.2, -0.15) is 0 Å². The molecular formula is C12H13BrN2. The van der Waals surface area contributed by atoms with Crippen LogP contribution in [0.2, 0.25) is 0 Å². The Morgan fingerprint density at radius 2 is 2.27 bits per heavy atom. The van der Waals surface area contributed by atoms with Gasteiger partial charge in [0.1, 0.15) is 4.60 Å². The molecule has 0 amide bonds. The Labute approximate surface area is 97.9 Å². The minimum Gasteiger partial charge on any atom is -0.316 e. The number of nitrogens with one attached hydrogen (secondary N) is 1. The van der Waals surface area contributed by atoms with E-state index in [0.717, 1.165) is 23.0 Å². The maximum atomic E-state index is 4.28. The van der Waals surface area contributed by atoms with E-state index >= 15 is 0 Å². The number of allylic oxidation sites excluding steroid dienone is 1. The van der Waals surface area contributed by atoms with E-state index in [-0.39, 0.29) is 0 Å². The maximum absolute atomic E-state index is 4.28. The van der Waals surface area contributed by atoms with Gasteiger partial charge in [-0.05, 0) is 57.9 Å². The number of hydrogen-bond donors (Lipinski definition) is 1. The summed E-state index contributed by atoms with van der Waals surface area (Å²) in [7, 11) is 0. The molecular weight excluding hydrogens is 252 g/mol. The van der Waals surface area contributed by atoms with E-state index < -0.39 is 0 Å². The molecule has 1 saturated heterocycles. The highest BCUT2D eigenvalue weighted by Gasteiger charge is 2.31. The summed E-state index contributed by atoms with van der Waals surface area (Å²) in [6, 6.07) is 4.17. The van der Waals surface area contributed by atoms with Crippen molar-refractivity contribution in [2.45, 2.75) is 6.42 Å². The Kier molecular flexibility index (Phi) is 2.37. The van der Waals surface area contributed by atoms with Gasteiger partial charge in [0.05, 0.1) is 0 Å². The van der Waals surface area contributed by atoms with Crippen molar-refractivity contribution in [3.05, 3.63) is 34.6 Å². The van der Waals surface area contributed by atoms with Crippen molar-refractivity contribution in [3.8, 4) is 0 Å². The Hall–Kier alpha value is -0.670. The van der Waals surface area contributed by atoms with Gasteiger partial charge in [-0.25, -0.2) is 4.98 Å². The zero-order chi connectivity index (χ0) is 10.3. The van der Waals surface area contributed by atoms with Crippen molar-refractivity contribution in [2.75, 3.05) is 13.1 Å². The SMILES string of the molecule is Brc1ccc(C2=C[C@H]3CNC[C@H]3C2)cn1. The van der Waals surface area contributed by atoms with Crippen molar-refractivity contribution < 1.29 is 0 Å². The molecule has 0 saturated carbocycles. The fourth-order valence-corrected chi connectivity index (χ4v) is 2.80. The van der Waals surface area contributed by atoms with E-state index in [4.69, 9.17) is 0 Å². The van der Waals surface area contributed by atoms with Crippen molar-refractivity contribution in [2.24, 2.45) is 11.8 Å². The molecule has 0 unspecified atom stereocenters. The maximum Gasteiger partial charge on any atom is 0.106 e. The van der Waals surface area contributed by atoms with Crippen LogP contribution in [0.3, 0.4) is 0 Å². The summed E-state index contributed by atoms with van der Waals surface area (Å²) < 4.78 is 0.909. The van der Waals surface area contributed by atoms with Gasteiger partial charge in [0.25, 0.3) is 0 Å². The van der Waals surface area contributed by atoms with Gasteiger partial charge in [0, 0.05) is 12.7 Å². The monoisotopic (exact) mass is 264 g/mol. The fraction of sp³-hybridized carbons (Fsp3) is 0.417. The number of halogens is 1. The Morgan fingerprint density at radius 3 is 3.00 bits per heavy atom. The Bertz CT molecular complexity index is 397. The summed E-state index contributed by atoms with van der Waals surface area (Å²) in [5.74, 6) is 1.58. The first-order chi connectivity index (χ1) is 7.33. The predicted molar refractivity (Wildman–Crippen MR) is 64.4 cm³/mol. The lowest BCUT2D eigenvalue weighted by molar-refractivity contribution is 0.536. The first-order valence-corrected chi connectivity index (χ1v) is 6.15. The van der Waals surface area contributed by atoms with Crippen molar-refractivity contribution >= 4 is 21.5 Å². The van der Waals surface area contributed by atoms with Crippen molar-refractivity contribution in [3.63, 3.8) is 0 Å². The third-order valence-electron chi connectivity index (χ3n) is 3.39. The standard InChI is InChI=1S/C12H13BrN2/c13-12-2-1-8(7-15-12)9-3-10-5-14-6-11(10)4-9/h1-3,7,10-11,14H,4-6H2/t10-,11+/m0/s1. The van der Waals surface area contributed by atoms with Crippen LogP contribution < -0.4 is 5.32 Å². The second-order valence-electron chi connectivity index (χ2n) is 4.35. The van der Waals surface area contributed by atoms with Gasteiger partial charge in [0.2, 0.25) is 0 Å². The summed E-state index contributed by atoms with van der Waals surface area (Å²) in [6.07, 6.45) is 5.60. The number of fused-ring (bicyclic) bond motifs is 1. The highest BCUT2D eigenvalue weighted by Crippen LogP contribution is 2.37. The third kappa shape index (κ3) is 1.74. The highest BCUT2D eigenvalue weighted by atomic mass is 79.9. The van der Waals surface area contributed by atoms with Gasteiger partial charge < -0.3 is 5.32 Å². The van der Waals surface area contributed by atoms with Crippen LogP contribution in [0.5, 0.6) is 0 Å². The lowest BCUT2D eigenvalue weighted by Gasteiger charge is -2.06. The zero-order valence-corrected chi connectivity index (χ0v) is 10.00. The van der Waals surface area contributed by atoms with Crippen molar-refractivity contribution in [1.29, 1.82) is 0 Å². The van der Waals surface area contributed by atoms with Gasteiger partial charge in [-0.3, -0.25) is 0 Å². The summed E-state index contributed by atoms with van der Waals surface area (Å²) in [6.45, 7) is 2.33. The molecule has 1 fully saturated rings. The average molecular weight is 265 g/mol. The molecule has 0 bridgehead atoms. The van der Waals surface area contributed by atoms with Crippen LogP contribution in [-0.4, -0.2) is 18.1 Å². The second kappa shape index (κ2) is 3.72. The highest BCUT2D eigenvalue weighted by molar-refractivity contribution is 9.10. The van der Waals surface area contributed by atoms with E-state index in [0.29, 0.717) is 0 Å². The van der Waals surface area contributed by atoms with Crippen LogP contribution in [0.4, 0.5) is 0 Å². The van der Waals surface area contributed by atoms with Crippen molar-refractivity contribution in [1.82, 2.24) is 10.3 Å². The number of nitrogens with zero attached hydrogens (tertiary/aromatic N) is 1. The van der Waals surface area contributed by atoms with Gasteiger partial charge >= 0.3 is 0 Å². The van der Waals surface area contributed by atoms with Crippen LogP contribution in [0.15, 0.2) is 29.0 Å². The molecule has 2 atom stereocenters. The lowest BCUT2D eigenvalue weighted by atomic mass is 9.99. The topological polar surface area (TPSA) is 24.9 Å². The van der Waals surface area contributed by atoms with Gasteiger partial charge in [-0.15, -0.1) is 0 Å². The number of pyridine rings is 1. The summed E-state index contributed by atoms with van der Waals surface area (Å²) in [4.78, 5) is 4.28. The van der Waals surface area contributed by atoms with Crippen LogP contribution >= 0.6 is 15.9 Å². The van der Waals surface area contributed by atoms with Crippen LogP contribution in [0, 0.1) is 11.8 Å². The summed E-state index contributed by atoms with van der Waals surface area (Å²) >= 11 is 3.36. The smallest absolute Gasteiger partial charge is 0.106 e. The third-order valence-corrected chi connectivity index (χ3v) is 3.86. The Morgan fingerprint density at radius 1 is 1.33 bits per heavy atom. The van der Waals surface area contributed by atoms with E-state index in [2.05, 4.69) is 38.4 Å². The lowest BCUT2D eigenvalue weighted by Crippen LogP contribution is -2.09. The fourth-order valence-electron chi connectivity index (χ4n) is 2.56. The average Bonchev–Trinajstić information content (AvgIpc) is 2.78. The molecule has 0 radical (unpaired) electrons. The molecule has 1 aliphatic heterocycles. The summed E-state index contributed by atoms with van der Waals surface area (Å²) in [5.41, 5.74) is 2.76. The minimum atomic E-state index is 0.753. The van der Waals surface area contributed by atoms with E-state index in [1.54, 1.807) is 0 Å². The summed E-state index contributed by atoms with van der Waals surface area (Å²) in [5, 5.41) is 3.44. The molecule has 15 heavy (non-hydrogen) atoms. The molecule has 1 N–H and O–H groups in total. The molecule has 2 nitrogen and oxygen atoms in total. The Balaban J connectivity index is 1.87. The molecule has 2 heterocycles. The first kappa shape index (κ1) is 9.55. The second-order valence-corrected chi connectivity index (χ2v) is 5.16. The number of hydrogen-bond acceptors (Lipinski definition) is 2. The largest absolute Gasteiger partial charge is 0.316 e. The van der Waals surface area contributed by atoms with E-state index in [1.165, 1.54) is 24.1 Å². The minimum absolute atomic E-state index is 0.753. The van der Waals surface area contributed by atoms with Crippen LogP contribution in [0.1, 0.15) is 12.0 Å². The van der Waals surface area contributed by atoms with Gasteiger partial charge in [-0.1, -0.05) is 12.1 Å². The molecule has 78 valence electrons. The van der Waals surface area contributed by atoms with E-state index in [9.17, 15) is 0 Å². The van der Waals surface area contributed by atoms with Gasteiger partial charge in [0.15, 0.2) is 0 Å². The molecule has 0 aromatic carbocycles. The molecule has 1 aliphatic carbocycles. The molecule has 2 aliphatic rings. The predicted octanol–water partition coefficient (Wildman–Crippen LogP) is 2.47. The van der Waals surface area contributed by atoms with Crippen LogP contribution in [-0.2, 0) is 0 Å². The molecule has 1 aromatic rings. The number of aromatic nitrogens is 1. The van der Waals surface area contributed by atoms with E-state index in [1.807, 2.05) is 12.3 Å².